The van der Waals surface area contributed by atoms with Crippen molar-refractivity contribution in [3.8, 4) is 39.9 Å². The van der Waals surface area contributed by atoms with Crippen LogP contribution in [-0.4, -0.2) is 72.8 Å². The average Bonchev–Trinajstić information content (AvgIpc) is 4.00. The maximum absolute atomic E-state index is 12.8. The molecule has 1 aliphatic carbocycles. The largest absolute Gasteiger partial charge is 0.504 e. The van der Waals surface area contributed by atoms with Gasteiger partial charge in [0, 0.05) is 45.0 Å². The van der Waals surface area contributed by atoms with Crippen LogP contribution < -0.4 is 14.2 Å². The van der Waals surface area contributed by atoms with Gasteiger partial charge in [-0.05, 0) is 134 Å². The van der Waals surface area contributed by atoms with E-state index in [-0.39, 0.29) is 33.9 Å². The third-order valence-electron chi connectivity index (χ3n) is 11.5. The summed E-state index contributed by atoms with van der Waals surface area (Å²) >= 11 is 0. The second-order valence-corrected chi connectivity index (χ2v) is 16.2. The molecule has 9 aromatic rings. The summed E-state index contributed by atoms with van der Waals surface area (Å²) in [5.74, 6) is -0.312. The minimum Gasteiger partial charge on any atom is -0.504 e. The van der Waals surface area contributed by atoms with Gasteiger partial charge in [-0.25, -0.2) is 8.78 Å². The number of halogens is 2. The summed E-state index contributed by atoms with van der Waals surface area (Å²) in [5.41, 5.74) is 10.0. The molecule has 12 nitrogen and oxygen atoms in total. The maximum atomic E-state index is 12.8. The molecule has 0 amide bonds. The number of hydrogen-bond acceptors (Lipinski definition) is 11. The van der Waals surface area contributed by atoms with Crippen molar-refractivity contribution in [1.29, 1.82) is 0 Å². The molecule has 1 aromatic heterocycles. The number of aromatic nitrogens is 1. The normalized spacial score (nSPS) is 10.2. The van der Waals surface area contributed by atoms with Crippen molar-refractivity contribution in [1.82, 2.24) is 4.57 Å². The van der Waals surface area contributed by atoms with Gasteiger partial charge in [0.25, 0.3) is 0 Å². The minimum absolute atomic E-state index is 0.0886. The van der Waals surface area contributed by atoms with Crippen molar-refractivity contribution in [3.05, 3.63) is 220 Å². The third-order valence-corrected chi connectivity index (χ3v) is 11.5. The quantitative estimate of drug-likeness (QED) is 0.111. The molecular formula is C62H55F2NO11. The maximum Gasteiger partial charge on any atom is 0.168 e. The van der Waals surface area contributed by atoms with Gasteiger partial charge in [-0.1, -0.05) is 78.9 Å². The number of ether oxygens (including phenoxy) is 3. The van der Waals surface area contributed by atoms with E-state index in [9.17, 15) is 47.8 Å². The van der Waals surface area contributed by atoms with Gasteiger partial charge in [-0.15, -0.1) is 0 Å². The topological polar surface area (TPSA) is 176 Å². The molecule has 1 aliphatic rings. The molecule has 8 aromatic carbocycles. The number of para-hydroxylation sites is 3. The first kappa shape index (κ1) is 57.3. The Labute approximate surface area is 438 Å². The Balaban J connectivity index is 0.000000171. The molecule has 14 heteroatoms. The summed E-state index contributed by atoms with van der Waals surface area (Å²) < 4.78 is 42.2. The number of benzene rings is 8. The van der Waals surface area contributed by atoms with E-state index < -0.39 is 11.6 Å². The fourth-order valence-corrected chi connectivity index (χ4v) is 7.86. The SMILES string of the molecule is CCOc1cccc(C=O)c1O.CCOc1cccc(C=O)c1O.CCn1c2ccccc2c2cc(C=O)ccc21.COc1ccc(C=O)cc1F.O=Cc1ccc2c(c1)Cc1ccccc1-2.O=Cc1ccccc1F. The predicted molar refractivity (Wildman–Crippen MR) is 290 cm³/mol. The molecule has 0 atom stereocenters. The average molecular weight is 1030 g/mol. The Kier molecular flexibility index (Phi) is 22.0. The van der Waals surface area contributed by atoms with Crippen LogP contribution >= 0.6 is 0 Å². The van der Waals surface area contributed by atoms with E-state index in [0.29, 0.717) is 55.4 Å². The lowest BCUT2D eigenvalue weighted by Gasteiger charge is -2.05. The number of methoxy groups -OCH3 is 1. The first-order valence-electron chi connectivity index (χ1n) is 23.8. The van der Waals surface area contributed by atoms with Gasteiger partial charge >= 0.3 is 0 Å². The van der Waals surface area contributed by atoms with Gasteiger partial charge in [0.2, 0.25) is 0 Å². The highest BCUT2D eigenvalue weighted by atomic mass is 19.1. The second-order valence-electron chi connectivity index (χ2n) is 16.2. The monoisotopic (exact) mass is 1030 g/mol. The third kappa shape index (κ3) is 14.8. The van der Waals surface area contributed by atoms with Crippen LogP contribution in [0.3, 0.4) is 0 Å². The van der Waals surface area contributed by atoms with Gasteiger partial charge < -0.3 is 29.0 Å². The Morgan fingerprint density at radius 2 is 0.961 bits per heavy atom. The minimum atomic E-state index is -0.517. The first-order valence-corrected chi connectivity index (χ1v) is 23.8. The van der Waals surface area contributed by atoms with Crippen LogP contribution in [0.25, 0.3) is 32.9 Å². The number of phenolic OH excluding ortho intramolecular Hbond substituents is 2. The molecule has 0 saturated heterocycles. The summed E-state index contributed by atoms with van der Waals surface area (Å²) in [5, 5.41) is 21.1. The number of hydrogen-bond donors (Lipinski definition) is 2. The number of fused-ring (bicyclic) bond motifs is 6. The highest BCUT2D eigenvalue weighted by Crippen LogP contribution is 2.37. The van der Waals surface area contributed by atoms with Crippen molar-refractivity contribution in [2.45, 2.75) is 33.7 Å². The molecule has 2 N–H and O–H groups in total. The van der Waals surface area contributed by atoms with Crippen LogP contribution in [0.4, 0.5) is 8.78 Å². The van der Waals surface area contributed by atoms with Gasteiger partial charge in [0.1, 0.15) is 24.7 Å². The van der Waals surface area contributed by atoms with Crippen LogP contribution in [0.1, 0.15) is 94.0 Å². The number of carbonyl (C=O) groups excluding carboxylic acids is 6. The highest BCUT2D eigenvalue weighted by Gasteiger charge is 2.17. The highest BCUT2D eigenvalue weighted by molar-refractivity contribution is 6.09. The summed E-state index contributed by atoms with van der Waals surface area (Å²) in [7, 11) is 1.37. The van der Waals surface area contributed by atoms with E-state index >= 15 is 0 Å². The number of aromatic hydroxyl groups is 2. The summed E-state index contributed by atoms with van der Waals surface area (Å²) in [6, 6.07) is 48.0. The second kappa shape index (κ2) is 29.2. The number of aryl methyl sites for hydroxylation is 1. The summed E-state index contributed by atoms with van der Waals surface area (Å²) in [4.78, 5) is 62.4. The molecule has 76 heavy (non-hydrogen) atoms. The summed E-state index contributed by atoms with van der Waals surface area (Å²) in [6.07, 6.45) is 5.03. The standard InChI is InChI=1S/C15H13NO.C14H10O.2C9H10O3.C8H7FO2.C7H5FO/c1-2-16-14-6-4-3-5-12(14)13-9-11(10-17)7-8-15(13)16;15-9-10-5-6-14-12(7-10)8-11-3-1-2-4-13(11)14;2*1-2-12-8-5-3-4-7(6-10)9(8)11;1-11-8-3-2-6(5-10)4-7(8)9;8-7-4-2-1-3-6(7)5-9/h3-10H,2H2,1H3;1-7,9H,8H2;2*3-6,11H,2H2,1H3;2-5H,1H3;1-5H. The van der Waals surface area contributed by atoms with Crippen LogP contribution in [0.2, 0.25) is 0 Å². The smallest absolute Gasteiger partial charge is 0.168 e. The lowest BCUT2D eigenvalue weighted by Crippen LogP contribution is -1.93. The molecule has 0 saturated carbocycles. The van der Waals surface area contributed by atoms with E-state index in [4.69, 9.17) is 9.47 Å². The Morgan fingerprint density at radius 1 is 0.461 bits per heavy atom. The van der Waals surface area contributed by atoms with Crippen LogP contribution in [0.5, 0.6) is 28.7 Å². The number of nitrogens with zero attached hydrogens (tertiary/aromatic N) is 1. The molecule has 0 fully saturated rings. The number of aldehydes is 6. The lowest BCUT2D eigenvalue weighted by molar-refractivity contribution is 0.111. The number of rotatable bonds is 12. The molecule has 10 rings (SSSR count). The van der Waals surface area contributed by atoms with Crippen LogP contribution in [-0.2, 0) is 13.0 Å². The molecule has 0 bridgehead atoms. The van der Waals surface area contributed by atoms with Crippen molar-refractivity contribution in [3.63, 3.8) is 0 Å². The van der Waals surface area contributed by atoms with Crippen molar-refractivity contribution < 1.29 is 62.0 Å². The van der Waals surface area contributed by atoms with E-state index in [1.165, 1.54) is 82.2 Å². The van der Waals surface area contributed by atoms with Crippen molar-refractivity contribution >= 4 is 59.5 Å². The molecule has 0 unspecified atom stereocenters. The van der Waals surface area contributed by atoms with E-state index in [1.807, 2.05) is 62.4 Å². The van der Waals surface area contributed by atoms with Gasteiger partial charge in [0.05, 0.1) is 37.0 Å². The number of phenols is 2. The van der Waals surface area contributed by atoms with Crippen molar-refractivity contribution in [2.75, 3.05) is 20.3 Å². The Morgan fingerprint density at radius 3 is 1.51 bits per heavy atom. The van der Waals surface area contributed by atoms with Crippen molar-refractivity contribution in [2.24, 2.45) is 0 Å². The zero-order valence-corrected chi connectivity index (χ0v) is 42.2. The van der Waals surface area contributed by atoms with Crippen LogP contribution in [0, 0.1) is 11.6 Å². The fraction of sp³-hybridized carbons (Fsp3) is 0.129. The zero-order valence-electron chi connectivity index (χ0n) is 42.2. The molecule has 388 valence electrons. The van der Waals surface area contributed by atoms with E-state index in [1.54, 1.807) is 36.4 Å². The summed E-state index contributed by atoms with van der Waals surface area (Å²) in [6.45, 7) is 7.63. The fourth-order valence-electron chi connectivity index (χ4n) is 7.86. The van der Waals surface area contributed by atoms with Gasteiger partial charge in [0.15, 0.2) is 53.4 Å². The molecule has 0 spiro atoms. The Hall–Kier alpha value is -9.56. The molecule has 0 aliphatic heterocycles. The van der Waals surface area contributed by atoms with Gasteiger partial charge in [-0.2, -0.15) is 0 Å². The van der Waals surface area contributed by atoms with E-state index in [2.05, 4.69) is 52.6 Å². The Bertz CT molecular complexity index is 3380. The zero-order chi connectivity index (χ0) is 55.0. The van der Waals surface area contributed by atoms with Gasteiger partial charge in [-0.3, -0.25) is 28.8 Å². The van der Waals surface area contributed by atoms with E-state index in [0.717, 1.165) is 48.1 Å². The predicted octanol–water partition coefficient (Wildman–Crippen LogP) is 13.2. The van der Waals surface area contributed by atoms with Crippen LogP contribution in [0.15, 0.2) is 164 Å². The molecule has 1 heterocycles. The number of carbonyl (C=O) groups is 6. The molecule has 0 radical (unpaired) electrons. The lowest BCUT2D eigenvalue weighted by atomic mass is 10.0. The first-order chi connectivity index (χ1) is 36.9. The molecular weight excluding hydrogens is 973 g/mol.